The van der Waals surface area contributed by atoms with E-state index in [1.807, 2.05) is 6.92 Å². The molecule has 0 saturated heterocycles. The Labute approximate surface area is 121 Å². The smallest absolute Gasteiger partial charge is 0.269 e. The summed E-state index contributed by atoms with van der Waals surface area (Å²) in [6.07, 6.45) is -1.03. The second-order valence-corrected chi connectivity index (χ2v) is 4.49. The number of nitrogens with zero attached hydrogens (tertiary/aromatic N) is 1. The van der Waals surface area contributed by atoms with Crippen molar-refractivity contribution in [2.45, 2.75) is 19.1 Å². The summed E-state index contributed by atoms with van der Waals surface area (Å²) < 4.78 is 0. The molecule has 0 saturated carbocycles. The molecule has 2 atom stereocenters. The average Bonchev–Trinajstić information content (AvgIpc) is 2.44. The molecule has 0 bridgehead atoms. The Kier molecular flexibility index (Phi) is 6.29. The van der Waals surface area contributed by atoms with Gasteiger partial charge in [-0.25, -0.2) is 0 Å². The summed E-state index contributed by atoms with van der Waals surface area (Å²) in [4.78, 5) is 10.0. The van der Waals surface area contributed by atoms with Gasteiger partial charge in [0.2, 0.25) is 0 Å². The Balaban J connectivity index is 2.77. The first-order chi connectivity index (χ1) is 9.49. The van der Waals surface area contributed by atoms with Crippen LogP contribution in [0.2, 0.25) is 0 Å². The van der Waals surface area contributed by atoms with Gasteiger partial charge in [0.15, 0.2) is 5.11 Å². The van der Waals surface area contributed by atoms with Crippen molar-refractivity contribution in [1.29, 1.82) is 0 Å². The number of aliphatic hydroxyl groups excluding tert-OH is 2. The maximum Gasteiger partial charge on any atom is 0.269 e. The molecule has 4 N–H and O–H groups in total. The lowest BCUT2D eigenvalue weighted by atomic mass is 10.0. The normalized spacial score (nSPS) is 13.3. The lowest BCUT2D eigenvalue weighted by molar-refractivity contribution is -0.384. The maximum atomic E-state index is 10.6. The second-order valence-electron chi connectivity index (χ2n) is 4.09. The lowest BCUT2D eigenvalue weighted by Crippen LogP contribution is -2.46. The zero-order valence-corrected chi connectivity index (χ0v) is 11.8. The molecule has 2 unspecified atom stereocenters. The maximum absolute atomic E-state index is 10.6. The first kappa shape index (κ1) is 16.3. The predicted molar refractivity (Wildman–Crippen MR) is 78.3 cm³/mol. The molecule has 0 fully saturated rings. The zero-order valence-electron chi connectivity index (χ0n) is 10.9. The lowest BCUT2D eigenvalue weighted by Gasteiger charge is -2.24. The Morgan fingerprint density at radius 2 is 2.05 bits per heavy atom. The van der Waals surface area contributed by atoms with E-state index in [1.54, 1.807) is 0 Å². The number of aliphatic hydroxyl groups is 2. The monoisotopic (exact) mass is 299 g/mol. The number of non-ortho nitro benzene ring substituents is 1. The summed E-state index contributed by atoms with van der Waals surface area (Å²) in [7, 11) is 0. The van der Waals surface area contributed by atoms with Crippen molar-refractivity contribution in [1.82, 2.24) is 10.6 Å². The number of thiocarbonyl (C=S) groups is 1. The van der Waals surface area contributed by atoms with Crippen molar-refractivity contribution in [3.8, 4) is 0 Å². The van der Waals surface area contributed by atoms with Gasteiger partial charge in [-0.1, -0.05) is 0 Å². The van der Waals surface area contributed by atoms with Crippen LogP contribution in [-0.2, 0) is 0 Å². The van der Waals surface area contributed by atoms with Crippen molar-refractivity contribution in [2.75, 3.05) is 13.2 Å². The molecule has 20 heavy (non-hydrogen) atoms. The Hall–Kier alpha value is -1.77. The molecule has 1 aromatic rings. The number of rotatable bonds is 6. The Morgan fingerprint density at radius 1 is 1.45 bits per heavy atom. The zero-order chi connectivity index (χ0) is 15.1. The molecule has 7 nitrogen and oxygen atoms in total. The predicted octanol–water partition coefficient (Wildman–Crippen LogP) is 0.473. The van der Waals surface area contributed by atoms with Crippen LogP contribution in [-0.4, -0.2) is 39.4 Å². The molecular formula is C12H17N3O4S. The molecule has 110 valence electrons. The number of nitro groups is 1. The molecule has 0 aliphatic carbocycles. The summed E-state index contributed by atoms with van der Waals surface area (Å²) in [5.74, 6) is 0. The van der Waals surface area contributed by atoms with Gasteiger partial charge in [-0.3, -0.25) is 10.1 Å². The SMILES string of the molecule is CCNC(=S)NC(CO)C(O)c1ccc([N+](=O)[O-])cc1. The minimum atomic E-state index is -1.03. The highest BCUT2D eigenvalue weighted by atomic mass is 32.1. The Bertz CT molecular complexity index is 466. The van der Waals surface area contributed by atoms with Gasteiger partial charge in [-0.05, 0) is 36.8 Å². The fourth-order valence-corrected chi connectivity index (χ4v) is 1.93. The average molecular weight is 299 g/mol. The van der Waals surface area contributed by atoms with E-state index in [-0.39, 0.29) is 12.3 Å². The fourth-order valence-electron chi connectivity index (χ4n) is 1.63. The van der Waals surface area contributed by atoms with E-state index >= 15 is 0 Å². The van der Waals surface area contributed by atoms with Gasteiger partial charge in [0, 0.05) is 18.7 Å². The Morgan fingerprint density at radius 3 is 2.50 bits per heavy atom. The highest BCUT2D eigenvalue weighted by molar-refractivity contribution is 7.80. The third kappa shape index (κ3) is 4.41. The van der Waals surface area contributed by atoms with E-state index in [0.717, 1.165) is 0 Å². The van der Waals surface area contributed by atoms with E-state index in [9.17, 15) is 20.3 Å². The van der Waals surface area contributed by atoms with Gasteiger partial charge >= 0.3 is 0 Å². The molecule has 1 aromatic carbocycles. The molecule has 0 spiro atoms. The third-order valence-corrected chi connectivity index (χ3v) is 2.94. The quantitative estimate of drug-likeness (QED) is 0.343. The fraction of sp³-hybridized carbons (Fsp3) is 0.417. The topological polar surface area (TPSA) is 108 Å². The summed E-state index contributed by atoms with van der Waals surface area (Å²) in [6.45, 7) is 2.16. The van der Waals surface area contributed by atoms with E-state index in [0.29, 0.717) is 17.2 Å². The van der Waals surface area contributed by atoms with E-state index in [4.69, 9.17) is 12.2 Å². The summed E-state index contributed by atoms with van der Waals surface area (Å²) >= 11 is 4.99. The number of nitrogens with one attached hydrogen (secondary N) is 2. The van der Waals surface area contributed by atoms with E-state index in [1.165, 1.54) is 24.3 Å². The second kappa shape index (κ2) is 7.73. The van der Waals surface area contributed by atoms with Crippen LogP contribution in [0.5, 0.6) is 0 Å². The van der Waals surface area contributed by atoms with Gasteiger partial charge in [0.05, 0.1) is 17.6 Å². The highest BCUT2D eigenvalue weighted by Crippen LogP contribution is 2.20. The van der Waals surface area contributed by atoms with Crippen LogP contribution in [0.4, 0.5) is 5.69 Å². The van der Waals surface area contributed by atoms with Crippen molar-refractivity contribution >= 4 is 23.0 Å². The molecule has 8 heteroatoms. The molecule has 0 radical (unpaired) electrons. The standard InChI is InChI=1S/C12H17N3O4S/c1-2-13-12(20)14-10(7-16)11(17)8-3-5-9(6-4-8)15(18)19/h3-6,10-11,16-17H,2,7H2,1H3,(H2,13,14,20). The van der Waals surface area contributed by atoms with Crippen LogP contribution in [0, 0.1) is 10.1 Å². The van der Waals surface area contributed by atoms with Gasteiger partial charge in [0.1, 0.15) is 6.10 Å². The summed E-state index contributed by atoms with van der Waals surface area (Å²) in [6, 6.07) is 4.81. The summed E-state index contributed by atoms with van der Waals surface area (Å²) in [5.41, 5.74) is 0.402. The largest absolute Gasteiger partial charge is 0.394 e. The van der Waals surface area contributed by atoms with Crippen LogP contribution >= 0.6 is 12.2 Å². The molecule has 0 aliphatic rings. The molecule has 0 amide bonds. The minimum absolute atomic E-state index is 0.0578. The van der Waals surface area contributed by atoms with Crippen molar-refractivity contribution in [2.24, 2.45) is 0 Å². The van der Waals surface area contributed by atoms with Crippen LogP contribution in [0.3, 0.4) is 0 Å². The molecule has 0 aromatic heterocycles. The minimum Gasteiger partial charge on any atom is -0.394 e. The number of hydrogen-bond acceptors (Lipinski definition) is 5. The van der Waals surface area contributed by atoms with Crippen LogP contribution in [0.1, 0.15) is 18.6 Å². The van der Waals surface area contributed by atoms with E-state index in [2.05, 4.69) is 10.6 Å². The van der Waals surface area contributed by atoms with Gasteiger partial charge in [-0.2, -0.15) is 0 Å². The number of hydrogen-bond donors (Lipinski definition) is 4. The van der Waals surface area contributed by atoms with Crippen LogP contribution in [0.15, 0.2) is 24.3 Å². The first-order valence-electron chi connectivity index (χ1n) is 6.07. The first-order valence-corrected chi connectivity index (χ1v) is 6.48. The summed E-state index contributed by atoms with van der Waals surface area (Å²) in [5, 5.41) is 36.0. The van der Waals surface area contributed by atoms with Crippen molar-refractivity contribution < 1.29 is 15.1 Å². The number of benzene rings is 1. The molecule has 0 heterocycles. The van der Waals surface area contributed by atoms with Gasteiger partial charge in [0.25, 0.3) is 5.69 Å². The number of nitro benzene ring substituents is 1. The van der Waals surface area contributed by atoms with Gasteiger partial charge < -0.3 is 20.8 Å². The molecule has 0 aliphatic heterocycles. The van der Waals surface area contributed by atoms with Crippen LogP contribution < -0.4 is 10.6 Å². The molecular weight excluding hydrogens is 282 g/mol. The molecule has 1 rings (SSSR count). The highest BCUT2D eigenvalue weighted by Gasteiger charge is 2.21. The van der Waals surface area contributed by atoms with Crippen molar-refractivity contribution in [3.05, 3.63) is 39.9 Å². The van der Waals surface area contributed by atoms with Crippen molar-refractivity contribution in [3.63, 3.8) is 0 Å². The third-order valence-electron chi connectivity index (χ3n) is 2.68. The van der Waals surface area contributed by atoms with Crippen LogP contribution in [0.25, 0.3) is 0 Å². The van der Waals surface area contributed by atoms with Gasteiger partial charge in [-0.15, -0.1) is 0 Å². The van der Waals surface area contributed by atoms with E-state index < -0.39 is 17.1 Å².